The van der Waals surface area contributed by atoms with Crippen LogP contribution in [0.2, 0.25) is 5.02 Å². The second kappa shape index (κ2) is 5.84. The van der Waals surface area contributed by atoms with Crippen molar-refractivity contribution < 1.29 is 4.79 Å². The molecule has 0 aliphatic carbocycles. The molecule has 0 aromatic heterocycles. The summed E-state index contributed by atoms with van der Waals surface area (Å²) in [6, 6.07) is 7.70. The number of carbonyl (C=O) groups excluding carboxylic acids is 1. The summed E-state index contributed by atoms with van der Waals surface area (Å²) < 4.78 is 0. The van der Waals surface area contributed by atoms with Crippen LogP contribution in [-0.4, -0.2) is 37.0 Å². The molecule has 1 N–H and O–H groups in total. The van der Waals surface area contributed by atoms with E-state index < -0.39 is 0 Å². The molecule has 17 heavy (non-hydrogen) atoms. The normalized spacial score (nSPS) is 17.4. The van der Waals surface area contributed by atoms with Crippen LogP contribution in [0.1, 0.15) is 5.56 Å². The molecule has 4 heteroatoms. The second-order valence-corrected chi connectivity index (χ2v) is 4.48. The number of hydrogen-bond acceptors (Lipinski definition) is 2. The third-order valence-electron chi connectivity index (χ3n) is 2.64. The highest BCUT2D eigenvalue weighted by Gasteiger charge is 2.13. The van der Waals surface area contributed by atoms with Gasteiger partial charge in [-0.1, -0.05) is 35.9 Å². The molecule has 0 radical (unpaired) electrons. The van der Waals surface area contributed by atoms with Crippen LogP contribution in [-0.2, 0) is 4.79 Å². The largest absolute Gasteiger partial charge is 0.354 e. The fourth-order valence-electron chi connectivity index (χ4n) is 1.80. The maximum atomic E-state index is 11.2. The Kier molecular flexibility index (Phi) is 4.18. The highest BCUT2D eigenvalue weighted by Crippen LogP contribution is 2.11. The molecule has 0 saturated carbocycles. The number of amides is 1. The van der Waals surface area contributed by atoms with Crippen LogP contribution in [0.3, 0.4) is 0 Å². The first-order chi connectivity index (χ1) is 8.24. The van der Waals surface area contributed by atoms with Crippen molar-refractivity contribution in [2.24, 2.45) is 0 Å². The van der Waals surface area contributed by atoms with E-state index in [2.05, 4.69) is 16.3 Å². The van der Waals surface area contributed by atoms with Crippen LogP contribution < -0.4 is 5.32 Å². The van der Waals surface area contributed by atoms with E-state index in [9.17, 15) is 4.79 Å². The van der Waals surface area contributed by atoms with Gasteiger partial charge in [-0.15, -0.1) is 0 Å². The highest BCUT2D eigenvalue weighted by molar-refractivity contribution is 6.30. The van der Waals surface area contributed by atoms with E-state index in [1.54, 1.807) is 0 Å². The molecule has 1 aliphatic rings. The minimum absolute atomic E-state index is 0.104. The van der Waals surface area contributed by atoms with E-state index in [0.717, 1.165) is 30.2 Å². The van der Waals surface area contributed by atoms with Gasteiger partial charge in [0, 0.05) is 24.7 Å². The predicted molar refractivity (Wildman–Crippen MR) is 69.9 cm³/mol. The summed E-state index contributed by atoms with van der Waals surface area (Å²) >= 11 is 5.89. The van der Waals surface area contributed by atoms with Crippen molar-refractivity contribution in [2.75, 3.05) is 26.2 Å². The van der Waals surface area contributed by atoms with Gasteiger partial charge >= 0.3 is 0 Å². The van der Waals surface area contributed by atoms with Crippen LogP contribution in [0.4, 0.5) is 0 Å². The molecule has 1 fully saturated rings. The van der Waals surface area contributed by atoms with E-state index >= 15 is 0 Å². The minimum atomic E-state index is 0.104. The molecular formula is C13H15ClN2O. The Bertz CT molecular complexity index is 431. The molecule has 1 heterocycles. The maximum absolute atomic E-state index is 11.2. The molecule has 1 saturated heterocycles. The number of hydrogen-bond donors (Lipinski definition) is 1. The van der Waals surface area contributed by atoms with Gasteiger partial charge < -0.3 is 5.32 Å². The molecule has 2 rings (SSSR count). The predicted octanol–water partition coefficient (Wildman–Crippen LogP) is 1.79. The Labute approximate surface area is 106 Å². The topological polar surface area (TPSA) is 32.3 Å². The Hall–Kier alpha value is -1.32. The van der Waals surface area contributed by atoms with Gasteiger partial charge in [-0.3, -0.25) is 9.69 Å². The first-order valence-electron chi connectivity index (χ1n) is 5.65. The van der Waals surface area contributed by atoms with E-state index in [4.69, 9.17) is 11.6 Å². The fourth-order valence-corrected chi connectivity index (χ4v) is 1.99. The van der Waals surface area contributed by atoms with Gasteiger partial charge in [0.25, 0.3) is 0 Å². The van der Waals surface area contributed by atoms with E-state index in [1.165, 1.54) is 0 Å². The quantitative estimate of drug-likeness (QED) is 0.887. The zero-order valence-electron chi connectivity index (χ0n) is 9.53. The van der Waals surface area contributed by atoms with Crippen LogP contribution in [0.15, 0.2) is 30.3 Å². The van der Waals surface area contributed by atoms with Crippen molar-refractivity contribution in [3.63, 3.8) is 0 Å². The monoisotopic (exact) mass is 250 g/mol. The van der Waals surface area contributed by atoms with Crippen molar-refractivity contribution in [2.45, 2.75) is 0 Å². The molecule has 1 aromatic carbocycles. The van der Waals surface area contributed by atoms with Gasteiger partial charge in [0.2, 0.25) is 5.91 Å². The highest BCUT2D eigenvalue weighted by atomic mass is 35.5. The minimum Gasteiger partial charge on any atom is -0.354 e. The Morgan fingerprint density at radius 3 is 3.12 bits per heavy atom. The maximum Gasteiger partial charge on any atom is 0.234 e. The van der Waals surface area contributed by atoms with Gasteiger partial charge in [0.15, 0.2) is 0 Å². The summed E-state index contributed by atoms with van der Waals surface area (Å²) in [5.41, 5.74) is 1.08. The lowest BCUT2D eigenvalue weighted by Gasteiger charge is -2.24. The van der Waals surface area contributed by atoms with Crippen LogP contribution >= 0.6 is 11.6 Å². The average molecular weight is 251 g/mol. The summed E-state index contributed by atoms with van der Waals surface area (Å²) in [6.07, 6.45) is 4.09. The lowest BCUT2D eigenvalue weighted by molar-refractivity contribution is -0.123. The Balaban J connectivity index is 1.87. The van der Waals surface area contributed by atoms with Gasteiger partial charge in [0.1, 0.15) is 0 Å². The molecule has 3 nitrogen and oxygen atoms in total. The van der Waals surface area contributed by atoms with Gasteiger partial charge in [-0.2, -0.15) is 0 Å². The summed E-state index contributed by atoms with van der Waals surface area (Å²) in [7, 11) is 0. The zero-order chi connectivity index (χ0) is 12.1. The number of piperazine rings is 1. The SMILES string of the molecule is O=C1CN(CC=Cc2cccc(Cl)c2)CCN1. The molecule has 0 atom stereocenters. The van der Waals surface area contributed by atoms with E-state index in [-0.39, 0.29) is 5.91 Å². The first-order valence-corrected chi connectivity index (χ1v) is 6.03. The summed E-state index contributed by atoms with van der Waals surface area (Å²) in [5, 5.41) is 3.55. The number of nitrogens with one attached hydrogen (secondary N) is 1. The molecule has 0 spiro atoms. The molecule has 1 amide bonds. The summed E-state index contributed by atoms with van der Waals surface area (Å²) in [4.78, 5) is 13.3. The molecule has 1 aliphatic heterocycles. The average Bonchev–Trinajstić information content (AvgIpc) is 2.29. The van der Waals surface area contributed by atoms with Gasteiger partial charge in [0.05, 0.1) is 6.54 Å². The Morgan fingerprint density at radius 1 is 1.47 bits per heavy atom. The lowest BCUT2D eigenvalue weighted by Crippen LogP contribution is -2.47. The number of benzene rings is 1. The van der Waals surface area contributed by atoms with Crippen LogP contribution in [0, 0.1) is 0 Å². The second-order valence-electron chi connectivity index (χ2n) is 4.04. The molecule has 1 aromatic rings. The number of carbonyl (C=O) groups is 1. The Morgan fingerprint density at radius 2 is 2.35 bits per heavy atom. The number of nitrogens with zero attached hydrogens (tertiary/aromatic N) is 1. The van der Waals surface area contributed by atoms with E-state index in [1.807, 2.05) is 30.3 Å². The standard InChI is InChI=1S/C13H15ClN2O/c14-12-5-1-3-11(9-12)4-2-7-16-8-6-15-13(17)10-16/h1-5,9H,6-8,10H2,(H,15,17). The fraction of sp³-hybridized carbons (Fsp3) is 0.308. The molecule has 90 valence electrons. The number of rotatable bonds is 3. The van der Waals surface area contributed by atoms with Crippen molar-refractivity contribution in [3.8, 4) is 0 Å². The first kappa shape index (κ1) is 12.1. The lowest BCUT2D eigenvalue weighted by atomic mass is 10.2. The smallest absolute Gasteiger partial charge is 0.234 e. The van der Waals surface area contributed by atoms with Crippen LogP contribution in [0.25, 0.3) is 6.08 Å². The molecule has 0 bridgehead atoms. The summed E-state index contributed by atoms with van der Waals surface area (Å²) in [6.45, 7) is 2.93. The van der Waals surface area contributed by atoms with Gasteiger partial charge in [-0.25, -0.2) is 0 Å². The van der Waals surface area contributed by atoms with Crippen molar-refractivity contribution in [3.05, 3.63) is 40.9 Å². The molecule has 0 unspecified atom stereocenters. The third-order valence-corrected chi connectivity index (χ3v) is 2.88. The zero-order valence-corrected chi connectivity index (χ0v) is 10.3. The van der Waals surface area contributed by atoms with Crippen LogP contribution in [0.5, 0.6) is 0 Å². The van der Waals surface area contributed by atoms with E-state index in [0.29, 0.717) is 6.54 Å². The number of halogens is 1. The van der Waals surface area contributed by atoms with Crippen molar-refractivity contribution in [1.82, 2.24) is 10.2 Å². The summed E-state index contributed by atoms with van der Waals surface area (Å²) in [5.74, 6) is 0.104. The third kappa shape index (κ3) is 3.88. The van der Waals surface area contributed by atoms with Crippen molar-refractivity contribution in [1.29, 1.82) is 0 Å². The van der Waals surface area contributed by atoms with Gasteiger partial charge in [-0.05, 0) is 17.7 Å². The molecular weight excluding hydrogens is 236 g/mol. The van der Waals surface area contributed by atoms with Crippen molar-refractivity contribution >= 4 is 23.6 Å².